The fraction of sp³-hybridized carbons (Fsp3) is 0.0811. The summed E-state index contributed by atoms with van der Waals surface area (Å²) >= 11 is 0. The molecule has 0 unspecified atom stereocenters. The van der Waals surface area contributed by atoms with Gasteiger partial charge in [0.25, 0.3) is 36.4 Å². The molecule has 6 aromatic rings. The van der Waals surface area contributed by atoms with Crippen molar-refractivity contribution in [2.24, 2.45) is 25.4 Å². The molecule has 0 saturated carbocycles. The van der Waals surface area contributed by atoms with Gasteiger partial charge in [-0.3, -0.25) is 13.7 Å². The van der Waals surface area contributed by atoms with Crippen molar-refractivity contribution in [1.29, 1.82) is 0 Å². The van der Waals surface area contributed by atoms with E-state index in [0.29, 0.717) is 11.6 Å². The second kappa shape index (κ2) is 23.3. The fourth-order valence-corrected chi connectivity index (χ4v) is 7.65. The fourth-order valence-electron chi connectivity index (χ4n) is 5.92. The second-order valence-electron chi connectivity index (χ2n) is 12.9. The van der Waals surface area contributed by atoms with Crippen LogP contribution >= 0.6 is 0 Å². The third-order valence-electron chi connectivity index (χ3n) is 8.81. The molecule has 6 rings (SSSR count). The van der Waals surface area contributed by atoms with Crippen molar-refractivity contribution in [2.45, 2.75) is 21.6 Å². The van der Waals surface area contributed by atoms with Gasteiger partial charge in [0, 0.05) is 141 Å². The summed E-state index contributed by atoms with van der Waals surface area (Å²) in [5.41, 5.74) is -0.722. The number of phenols is 2. The number of aromatic hydroxyl groups is 2. The maximum atomic E-state index is 12.4. The van der Waals surface area contributed by atoms with Crippen molar-refractivity contribution in [3.05, 3.63) is 90.0 Å². The molecule has 6 aromatic carbocycles. The van der Waals surface area contributed by atoms with Gasteiger partial charge < -0.3 is 35.2 Å². The number of azo groups is 2. The first-order valence-corrected chi connectivity index (χ1v) is 21.3. The number of aliphatic imine (C=N–C) groups is 1. The van der Waals surface area contributed by atoms with Crippen LogP contribution in [0.3, 0.4) is 0 Å². The van der Waals surface area contributed by atoms with E-state index in [9.17, 15) is 64.1 Å². The quantitative estimate of drug-likeness (QED) is 0.0224. The number of benzene rings is 6. The molecule has 0 aliphatic heterocycles. The molecule has 29 heteroatoms. The van der Waals surface area contributed by atoms with Gasteiger partial charge >= 0.3 is 5.97 Å². The average molecular weight is 1000 g/mol. The molecule has 22 nitrogen and oxygen atoms in total. The first kappa shape index (κ1) is 58.8. The Morgan fingerprint density at radius 2 is 1.20 bits per heavy atom. The van der Waals surface area contributed by atoms with Crippen molar-refractivity contribution in [2.75, 3.05) is 19.5 Å². The number of ether oxygens (including phenoxy) is 2. The molecule has 66 heavy (non-hydrogen) atoms. The van der Waals surface area contributed by atoms with Crippen LogP contribution in [0.2, 0.25) is 0 Å². The van der Waals surface area contributed by atoms with Crippen molar-refractivity contribution < 1.29 is 73.6 Å². The Hall–Kier alpha value is -3.29. The zero-order chi connectivity index (χ0) is 45.5. The smallest absolute Gasteiger partial charge is 0.335 e. The Morgan fingerprint density at radius 1 is 0.606 bits per heavy atom. The summed E-state index contributed by atoms with van der Waals surface area (Å²) < 4.78 is 112. The average Bonchev–Trinajstić information content (AvgIpc) is 3.18. The van der Waals surface area contributed by atoms with Crippen LogP contribution in [0.1, 0.15) is 15.9 Å². The molecule has 0 spiro atoms. The number of nitrogens with zero attached hydrogens (tertiary/aromatic N) is 5. The number of anilines is 1. The molecule has 0 aromatic heterocycles. The van der Waals surface area contributed by atoms with Gasteiger partial charge in [-0.05, 0) is 90.0 Å². The van der Waals surface area contributed by atoms with Crippen molar-refractivity contribution in [1.82, 2.24) is 0 Å². The number of hydrogen-bond donors (Lipinski definition) is 8. The first-order chi connectivity index (χ1) is 29.0. The summed E-state index contributed by atoms with van der Waals surface area (Å²) in [6.07, 6.45) is 0. The number of aromatic carboxylic acids is 1. The van der Waals surface area contributed by atoms with Gasteiger partial charge in [0.15, 0.2) is 5.75 Å². The van der Waals surface area contributed by atoms with Crippen LogP contribution in [0.5, 0.6) is 23.0 Å². The van der Waals surface area contributed by atoms with Gasteiger partial charge in [0.05, 0.1) is 46.3 Å². The maximum absolute atomic E-state index is 12.4. The first-order valence-electron chi connectivity index (χ1n) is 17.0. The number of nitrogens with one attached hydrogen (secondary N) is 1. The van der Waals surface area contributed by atoms with E-state index in [-0.39, 0.29) is 185 Å². The second-order valence-corrected chi connectivity index (χ2v) is 17.1. The van der Waals surface area contributed by atoms with Crippen LogP contribution in [-0.4, -0.2) is 204 Å². The van der Waals surface area contributed by atoms with Crippen LogP contribution in [0.25, 0.3) is 21.5 Å². The van der Waals surface area contributed by atoms with E-state index in [1.165, 1.54) is 56.7 Å². The van der Waals surface area contributed by atoms with Gasteiger partial charge in [-0.25, -0.2) is 4.79 Å². The van der Waals surface area contributed by atoms with E-state index < -0.39 is 74.2 Å². The van der Waals surface area contributed by atoms with Gasteiger partial charge in [0.2, 0.25) is 0 Å². The van der Waals surface area contributed by atoms with Crippen molar-refractivity contribution in [3.8, 4) is 23.0 Å². The van der Waals surface area contributed by atoms with Gasteiger partial charge in [-0.2, -0.15) is 35.4 Å². The predicted octanol–water partition coefficient (Wildman–Crippen LogP) is 6.13. The molecule has 0 aliphatic rings. The number of rotatable bonds is 12. The molecule has 0 aliphatic carbocycles. The molecular weight excluding hydrogens is 973 g/mol. The molecule has 0 atom stereocenters. The molecule has 8 N–H and O–H groups in total. The van der Waals surface area contributed by atoms with Crippen molar-refractivity contribution in [3.63, 3.8) is 0 Å². The Morgan fingerprint density at radius 3 is 1.77 bits per heavy atom. The van der Waals surface area contributed by atoms with Crippen LogP contribution in [0.4, 0.5) is 34.1 Å². The maximum Gasteiger partial charge on any atom is 0.335 e. The molecular formula is C37H30N6Na4O16S3. The third-order valence-corrected chi connectivity index (χ3v) is 11.3. The zero-order valence-corrected chi connectivity index (χ0v) is 46.2. The molecule has 0 heterocycles. The molecule has 0 fully saturated rings. The van der Waals surface area contributed by atoms with E-state index in [1.54, 1.807) is 6.92 Å². The molecule has 4 radical (unpaired) electrons. The summed E-state index contributed by atoms with van der Waals surface area (Å²) in [6.45, 7) is 1.56. The van der Waals surface area contributed by atoms with Crippen LogP contribution in [0.15, 0.2) is 119 Å². The minimum atomic E-state index is -5.06. The molecule has 0 amide bonds. The zero-order valence-electron chi connectivity index (χ0n) is 35.8. The third kappa shape index (κ3) is 13.5. The van der Waals surface area contributed by atoms with E-state index in [1.807, 2.05) is 0 Å². The van der Waals surface area contributed by atoms with E-state index >= 15 is 0 Å². The van der Waals surface area contributed by atoms with E-state index in [4.69, 9.17) is 9.47 Å². The molecule has 0 bridgehead atoms. The minimum Gasteiger partial charge on any atom is -0.507 e. The summed E-state index contributed by atoms with van der Waals surface area (Å²) in [4.78, 5) is 13.2. The number of methoxy groups -OCH3 is 2. The minimum absolute atomic E-state index is 0. The Balaban J connectivity index is 0.00000374. The summed E-state index contributed by atoms with van der Waals surface area (Å²) in [6, 6.07) is 13.9. The van der Waals surface area contributed by atoms with E-state index in [0.717, 1.165) is 30.3 Å². The van der Waals surface area contributed by atoms with Crippen molar-refractivity contribution >= 4 is 216 Å². The number of amidine groups is 1. The summed E-state index contributed by atoms with van der Waals surface area (Å²) in [5.74, 6) is -2.65. The number of fused-ring (bicyclic) bond motifs is 2. The van der Waals surface area contributed by atoms with Gasteiger partial charge in [0.1, 0.15) is 39.2 Å². The normalized spacial score (nSPS) is 11.9. The number of aliphatic hydroxyl groups is 1. The Bertz CT molecular complexity index is 3320. The summed E-state index contributed by atoms with van der Waals surface area (Å²) in [5, 5.41) is 60.0. The predicted molar refractivity (Wildman–Crippen MR) is 243 cm³/mol. The largest absolute Gasteiger partial charge is 0.507 e. The number of carboxylic acids is 1. The number of aliphatic hydroxyl groups excluding tert-OH is 1. The topological polar surface area (TPSA) is 353 Å². The number of carboxylic acid groups (broad SMARTS) is 1. The Labute approximate surface area is 463 Å². The molecule has 326 valence electrons. The number of aryl methyl sites for hydroxylation is 1. The Kier molecular flexibility index (Phi) is 20.8. The number of phenolic OH excluding ortho intramolecular Hbond substituents is 2. The SMILES string of the molecule is COc1ccc(C(=O)O)cc1N=Nc1c(S(=O)(=O)O)cc2cc(NC(O)=Nc3cc(C)c(N=Nc4cc(S(=O)(=O)O)cc5cc(S(=O)(=O)O)cc(O)c45)cc3OC)ccc2c1O.[Na].[Na].[Na].[Na]. The molecule has 0 saturated heterocycles. The standard InChI is InChI=1S/C37H30N6O16S3.4Na/c1-17-8-26(31(59-3)16-25(17)40-42-28-14-22(60(49,50)51)10-20-11-23(61(52,53)54)15-29(44)33(20)28)39-37(48)38-21-5-6-24-19(9-21)13-32(62(55,56)57)34(35(24)45)43-41-27-12-18(36(46)47)4-7-30(27)58-2;;;;/h4-16,44-45H,1-3H3,(H,46,47)(H2,38,39,48)(H,49,50,51)(H,52,53,54)(H,55,56,57);;;;. The van der Waals surface area contributed by atoms with Crippen LogP contribution in [-0.2, 0) is 30.4 Å². The number of carbonyl (C=O) groups is 1. The van der Waals surface area contributed by atoms with Gasteiger partial charge in [-0.15, -0.1) is 15.3 Å². The van der Waals surface area contributed by atoms with Crippen LogP contribution in [0, 0.1) is 6.92 Å². The van der Waals surface area contributed by atoms with Crippen LogP contribution < -0.4 is 14.8 Å². The number of hydrogen-bond acceptors (Lipinski definition) is 16. The summed E-state index contributed by atoms with van der Waals surface area (Å²) in [7, 11) is -12.2. The monoisotopic (exact) mass is 1000 g/mol. The van der Waals surface area contributed by atoms with E-state index in [2.05, 4.69) is 30.8 Å². The van der Waals surface area contributed by atoms with Gasteiger partial charge in [-0.1, -0.05) is 0 Å².